The van der Waals surface area contributed by atoms with Gasteiger partial charge in [-0.1, -0.05) is 99.8 Å². The lowest BCUT2D eigenvalue weighted by molar-refractivity contribution is -0.185. The van der Waals surface area contributed by atoms with Crippen molar-refractivity contribution < 1.29 is 77.5 Å². The van der Waals surface area contributed by atoms with E-state index >= 15 is 0 Å². The minimum absolute atomic E-state index is 0.104. The zero-order valence-corrected chi connectivity index (χ0v) is 38.1. The molecule has 4 unspecified atom stereocenters. The van der Waals surface area contributed by atoms with Gasteiger partial charge in [0.2, 0.25) is 0 Å². The molecule has 0 bridgehead atoms. The third kappa shape index (κ3) is 31.4. The number of carbonyl (C=O) groups excluding carboxylic acids is 4. The van der Waals surface area contributed by atoms with E-state index in [-0.39, 0.29) is 108 Å². The van der Waals surface area contributed by atoms with Crippen molar-refractivity contribution >= 4 is 23.9 Å². The van der Waals surface area contributed by atoms with Gasteiger partial charge in [-0.3, -0.25) is 19.2 Å². The zero-order chi connectivity index (χ0) is 45.4. The fourth-order valence-electron chi connectivity index (χ4n) is 5.55. The molecule has 0 spiro atoms. The van der Waals surface area contributed by atoms with Gasteiger partial charge in [-0.25, -0.2) is 0 Å². The van der Waals surface area contributed by atoms with Crippen LogP contribution in [0.1, 0.15) is 151 Å². The third-order valence-corrected chi connectivity index (χ3v) is 9.88. The highest BCUT2D eigenvalue weighted by molar-refractivity contribution is 5.73. The van der Waals surface area contributed by atoms with Crippen molar-refractivity contribution in [2.75, 3.05) is 66.4 Å². The molecule has 0 aromatic heterocycles. The summed E-state index contributed by atoms with van der Waals surface area (Å²) in [6.45, 7) is 12.1. The Labute approximate surface area is 360 Å². The number of rotatable bonds is 39. The summed E-state index contributed by atoms with van der Waals surface area (Å²) in [6.07, 6.45) is 10.1. The molecule has 356 valence electrons. The lowest BCUT2D eigenvalue weighted by atomic mass is 10.00. The number of ether oxygens (including phenoxy) is 8. The predicted octanol–water partition coefficient (Wildman–Crippen LogP) is 5.80. The summed E-state index contributed by atoms with van der Waals surface area (Å²) in [5.74, 6) is -1.86. The fraction of sp³-hybridized carbons (Fsp3) is 0.909. The topological polar surface area (TPSA) is 223 Å². The van der Waals surface area contributed by atoms with Crippen LogP contribution in [0, 0.1) is 17.8 Å². The zero-order valence-electron chi connectivity index (χ0n) is 38.1. The van der Waals surface area contributed by atoms with Gasteiger partial charge < -0.3 is 58.3 Å². The Hall–Kier alpha value is -2.44. The normalized spacial score (nSPS) is 13.8. The van der Waals surface area contributed by atoms with Crippen molar-refractivity contribution in [3.63, 3.8) is 0 Å². The molecular formula is C44H84O16. The van der Waals surface area contributed by atoms with Crippen LogP contribution in [0.15, 0.2) is 0 Å². The van der Waals surface area contributed by atoms with Gasteiger partial charge in [0.05, 0.1) is 44.2 Å². The first-order valence-corrected chi connectivity index (χ1v) is 22.5. The molecule has 16 nitrogen and oxygen atoms in total. The average molecular weight is 869 g/mol. The minimum atomic E-state index is -0.770. The number of esters is 4. The molecule has 0 aliphatic carbocycles. The second-order valence-corrected chi connectivity index (χ2v) is 14.9. The van der Waals surface area contributed by atoms with Gasteiger partial charge in [-0.05, 0) is 44.9 Å². The van der Waals surface area contributed by atoms with Crippen molar-refractivity contribution in [2.24, 2.45) is 17.8 Å². The maximum atomic E-state index is 12.8. The summed E-state index contributed by atoms with van der Waals surface area (Å²) in [5.41, 5.74) is 0. The molecule has 0 aromatic carbocycles. The van der Waals surface area contributed by atoms with E-state index in [9.17, 15) is 19.2 Å². The molecule has 0 fully saturated rings. The minimum Gasteiger partial charge on any atom is -0.463 e. The Bertz CT molecular complexity index is 978. The van der Waals surface area contributed by atoms with Gasteiger partial charge in [0.25, 0.3) is 0 Å². The molecule has 0 heterocycles. The maximum absolute atomic E-state index is 12.8. The first-order valence-electron chi connectivity index (χ1n) is 22.5. The van der Waals surface area contributed by atoms with E-state index < -0.39 is 24.4 Å². The first-order chi connectivity index (χ1) is 29.0. The second kappa shape index (κ2) is 41.9. The molecule has 0 rings (SSSR count). The Morgan fingerprint density at radius 3 is 0.983 bits per heavy atom. The van der Waals surface area contributed by atoms with Crippen molar-refractivity contribution in [3.8, 4) is 0 Å². The fourth-order valence-corrected chi connectivity index (χ4v) is 5.55. The number of aliphatic hydroxyl groups excluding tert-OH is 4. The molecule has 0 aliphatic rings. The average Bonchev–Trinajstić information content (AvgIpc) is 3.26. The van der Waals surface area contributed by atoms with Crippen molar-refractivity contribution in [1.82, 2.24) is 0 Å². The standard InChI is InChI=1S/C37H68O10.C7H16O6/c1-8-15-19-23-34(38)42-24-32(25-43-35(39)29(12-5)20-16-9-2)46-28-47-33(26-44-36(40)30(13-6)21-17-10-3)27-45-37(41)31(14-7)22-18-11-4;8-1-6(2-9)12-5-13-7(3-10)4-11/h29-33H,8-28H2,1-7H3;6-11H,1-5H2. The summed E-state index contributed by atoms with van der Waals surface area (Å²) in [5, 5.41) is 34.3. The largest absolute Gasteiger partial charge is 0.463 e. The lowest BCUT2D eigenvalue weighted by Crippen LogP contribution is -2.34. The van der Waals surface area contributed by atoms with Crippen LogP contribution in [0.5, 0.6) is 0 Å². The van der Waals surface area contributed by atoms with Crippen LogP contribution in [0.3, 0.4) is 0 Å². The van der Waals surface area contributed by atoms with Crippen molar-refractivity contribution in [2.45, 2.75) is 176 Å². The predicted molar refractivity (Wildman–Crippen MR) is 225 cm³/mol. The van der Waals surface area contributed by atoms with Crippen LogP contribution >= 0.6 is 0 Å². The molecule has 4 N–H and O–H groups in total. The summed E-state index contributed by atoms with van der Waals surface area (Å²) in [7, 11) is 0. The third-order valence-electron chi connectivity index (χ3n) is 9.88. The van der Waals surface area contributed by atoms with Gasteiger partial charge in [-0.15, -0.1) is 0 Å². The second-order valence-electron chi connectivity index (χ2n) is 14.9. The number of hydrogen-bond acceptors (Lipinski definition) is 16. The van der Waals surface area contributed by atoms with Crippen LogP contribution in [-0.4, -0.2) is 135 Å². The highest BCUT2D eigenvalue weighted by Gasteiger charge is 2.25. The summed E-state index contributed by atoms with van der Waals surface area (Å²) in [6, 6.07) is 0. The van der Waals surface area contributed by atoms with E-state index in [1.807, 2.05) is 20.8 Å². The van der Waals surface area contributed by atoms with E-state index in [1.54, 1.807) is 0 Å². The number of carbonyl (C=O) groups is 4. The van der Waals surface area contributed by atoms with Gasteiger partial charge in [0.15, 0.2) is 0 Å². The van der Waals surface area contributed by atoms with Crippen molar-refractivity contribution in [3.05, 3.63) is 0 Å². The quantitative estimate of drug-likeness (QED) is 0.0248. The van der Waals surface area contributed by atoms with Crippen LogP contribution in [0.4, 0.5) is 0 Å². The van der Waals surface area contributed by atoms with Gasteiger partial charge in [0.1, 0.15) is 64.4 Å². The number of aliphatic hydroxyl groups is 4. The van der Waals surface area contributed by atoms with E-state index in [1.165, 1.54) is 0 Å². The van der Waals surface area contributed by atoms with Gasteiger partial charge in [0, 0.05) is 6.42 Å². The lowest BCUT2D eigenvalue weighted by Gasteiger charge is -2.23. The van der Waals surface area contributed by atoms with Gasteiger partial charge in [-0.2, -0.15) is 0 Å². The number of unbranched alkanes of at least 4 members (excludes halogenated alkanes) is 5. The summed E-state index contributed by atoms with van der Waals surface area (Å²) >= 11 is 0. The van der Waals surface area contributed by atoms with E-state index in [0.717, 1.165) is 77.0 Å². The van der Waals surface area contributed by atoms with Crippen LogP contribution in [-0.2, 0) is 57.1 Å². The molecule has 0 saturated heterocycles. The number of hydrogen-bond donors (Lipinski definition) is 4. The summed E-state index contributed by atoms with van der Waals surface area (Å²) in [4.78, 5) is 50.6. The van der Waals surface area contributed by atoms with Gasteiger partial charge >= 0.3 is 23.9 Å². The van der Waals surface area contributed by atoms with E-state index in [0.29, 0.717) is 25.7 Å². The maximum Gasteiger partial charge on any atom is 0.309 e. The molecule has 4 atom stereocenters. The smallest absolute Gasteiger partial charge is 0.309 e. The summed E-state index contributed by atoms with van der Waals surface area (Å²) < 4.78 is 43.8. The molecule has 0 aliphatic heterocycles. The molecule has 60 heavy (non-hydrogen) atoms. The Balaban J connectivity index is 0. The molecule has 0 aromatic rings. The molecule has 0 radical (unpaired) electrons. The van der Waals surface area contributed by atoms with E-state index in [2.05, 4.69) is 27.7 Å². The molecule has 0 saturated carbocycles. The Morgan fingerprint density at radius 1 is 0.400 bits per heavy atom. The molecule has 16 heteroatoms. The van der Waals surface area contributed by atoms with Crippen LogP contribution < -0.4 is 0 Å². The monoisotopic (exact) mass is 869 g/mol. The highest BCUT2D eigenvalue weighted by atomic mass is 16.7. The molecule has 0 amide bonds. The molecular weight excluding hydrogens is 784 g/mol. The van der Waals surface area contributed by atoms with Crippen LogP contribution in [0.25, 0.3) is 0 Å². The highest BCUT2D eigenvalue weighted by Crippen LogP contribution is 2.18. The first kappa shape index (κ1) is 59.7. The van der Waals surface area contributed by atoms with E-state index in [4.69, 9.17) is 58.3 Å². The SMILES string of the molecule is CCCCCC(=O)OCC(COC(=O)C(CC)CCCC)OCOC(COC(=O)C(CC)CCCC)COC(=O)C(CC)CCCC.OCC(CO)OCOC(CO)CO. The Kier molecular flexibility index (Phi) is 41.6. The Morgan fingerprint density at radius 2 is 0.700 bits per heavy atom. The van der Waals surface area contributed by atoms with Crippen molar-refractivity contribution in [1.29, 1.82) is 0 Å². The van der Waals surface area contributed by atoms with Crippen LogP contribution in [0.2, 0.25) is 0 Å².